The molecular weight excluding hydrogens is 521 g/mol. The van der Waals surface area contributed by atoms with E-state index in [4.69, 9.17) is 34.8 Å². The number of anilines is 2. The molecule has 7 nitrogen and oxygen atoms in total. The number of rotatable bonds is 4. The predicted octanol–water partition coefficient (Wildman–Crippen LogP) is 4.75. The molecule has 3 N–H and O–H groups in total. The minimum atomic E-state index is -0.710. The number of aromatic amines is 1. The first-order valence-electron chi connectivity index (χ1n) is 10.3. The second kappa shape index (κ2) is 10.6. The van der Waals surface area contributed by atoms with Crippen molar-refractivity contribution in [1.82, 2.24) is 4.98 Å². The van der Waals surface area contributed by atoms with E-state index < -0.39 is 11.8 Å². The standard InChI is InChI=1S/C26H14Cl3N5O2/c27-14-5-7-15(8-6-14)32-25(35)19(12-30)23-17-3-1-2-4-18(17)24(34-23)20(13-31)26(36)33-16-9-10-21(28)22(29)11-16/h1-11,34H,(H,32,35)(H,33,36)/b23-19+,24-20+. The Morgan fingerprint density at radius 1 is 0.694 bits per heavy atom. The number of nitriles is 2. The van der Waals surface area contributed by atoms with Crippen molar-refractivity contribution in [3.8, 4) is 12.1 Å². The van der Waals surface area contributed by atoms with E-state index in [1.807, 2.05) is 12.1 Å². The highest BCUT2D eigenvalue weighted by atomic mass is 35.5. The molecule has 1 aromatic heterocycles. The number of benzene rings is 3. The van der Waals surface area contributed by atoms with Gasteiger partial charge in [-0.2, -0.15) is 10.5 Å². The van der Waals surface area contributed by atoms with Gasteiger partial charge < -0.3 is 15.6 Å². The maximum Gasteiger partial charge on any atom is 0.268 e. The van der Waals surface area contributed by atoms with Gasteiger partial charge in [0.1, 0.15) is 23.3 Å². The van der Waals surface area contributed by atoms with E-state index in [0.717, 1.165) is 0 Å². The number of nitrogens with zero attached hydrogens (tertiary/aromatic N) is 2. The van der Waals surface area contributed by atoms with Crippen molar-refractivity contribution in [2.24, 2.45) is 0 Å². The molecule has 0 atom stereocenters. The Bertz CT molecular complexity index is 1730. The normalized spacial score (nSPS) is 12.2. The Labute approximate surface area is 219 Å². The van der Waals surface area contributed by atoms with E-state index in [-0.39, 0.29) is 26.9 Å². The van der Waals surface area contributed by atoms with Gasteiger partial charge in [0.25, 0.3) is 11.8 Å². The summed E-state index contributed by atoms with van der Waals surface area (Å²) < 4.78 is 0. The summed E-state index contributed by atoms with van der Waals surface area (Å²) in [5.41, 5.74) is 0.303. The topological polar surface area (TPSA) is 122 Å². The largest absolute Gasteiger partial charge is 0.352 e. The van der Waals surface area contributed by atoms with E-state index in [1.54, 1.807) is 54.6 Å². The first-order valence-corrected chi connectivity index (χ1v) is 11.4. The Balaban J connectivity index is 1.86. The quantitative estimate of drug-likeness (QED) is 0.350. The fraction of sp³-hybridized carbons (Fsp3) is 0. The fourth-order valence-corrected chi connectivity index (χ4v) is 3.93. The number of hydrogen-bond donors (Lipinski definition) is 3. The molecule has 0 fully saturated rings. The van der Waals surface area contributed by atoms with Crippen molar-refractivity contribution in [2.75, 3.05) is 10.6 Å². The zero-order valence-electron chi connectivity index (χ0n) is 18.2. The van der Waals surface area contributed by atoms with Crippen LogP contribution in [0.15, 0.2) is 66.7 Å². The zero-order valence-corrected chi connectivity index (χ0v) is 20.5. The van der Waals surface area contributed by atoms with Crippen LogP contribution in [0.5, 0.6) is 0 Å². The van der Waals surface area contributed by atoms with Gasteiger partial charge in [-0.15, -0.1) is 0 Å². The van der Waals surface area contributed by atoms with Crippen LogP contribution in [0.25, 0.3) is 21.9 Å². The summed E-state index contributed by atoms with van der Waals surface area (Å²) in [7, 11) is 0. The molecule has 0 bridgehead atoms. The van der Waals surface area contributed by atoms with Crippen LogP contribution in [0.4, 0.5) is 11.4 Å². The highest BCUT2D eigenvalue weighted by Gasteiger charge is 2.18. The number of H-pyrrole nitrogens is 1. The molecule has 1 heterocycles. The number of hydrogen-bond acceptors (Lipinski definition) is 4. The molecule has 0 saturated carbocycles. The third-order valence-corrected chi connectivity index (χ3v) is 6.16. The number of amides is 2. The van der Waals surface area contributed by atoms with Crippen molar-refractivity contribution in [2.45, 2.75) is 0 Å². The third-order valence-electron chi connectivity index (χ3n) is 5.17. The van der Waals surface area contributed by atoms with Crippen LogP contribution in [0, 0.1) is 22.7 Å². The van der Waals surface area contributed by atoms with Gasteiger partial charge >= 0.3 is 0 Å². The van der Waals surface area contributed by atoms with Crippen LogP contribution in [-0.2, 0) is 9.59 Å². The number of carbonyl (C=O) groups excluding carboxylic acids is 2. The number of fused-ring (bicyclic) bond motifs is 1. The second-order valence-electron chi connectivity index (χ2n) is 7.44. The van der Waals surface area contributed by atoms with Crippen molar-refractivity contribution in [3.05, 3.63) is 92.5 Å². The van der Waals surface area contributed by atoms with Crippen LogP contribution in [0.2, 0.25) is 15.1 Å². The predicted molar refractivity (Wildman–Crippen MR) is 141 cm³/mol. The van der Waals surface area contributed by atoms with E-state index in [0.29, 0.717) is 32.2 Å². The molecule has 4 rings (SSSR count). The Morgan fingerprint density at radius 2 is 1.19 bits per heavy atom. The Morgan fingerprint density at radius 3 is 1.69 bits per heavy atom. The van der Waals surface area contributed by atoms with Crippen LogP contribution in [-0.4, -0.2) is 16.8 Å². The maximum atomic E-state index is 13.0. The molecule has 0 aliphatic heterocycles. The van der Waals surface area contributed by atoms with E-state index in [9.17, 15) is 20.1 Å². The zero-order chi connectivity index (χ0) is 25.8. The monoisotopic (exact) mass is 533 g/mol. The molecule has 0 radical (unpaired) electrons. The molecule has 0 saturated heterocycles. The van der Waals surface area contributed by atoms with Crippen LogP contribution in [0.1, 0.15) is 0 Å². The van der Waals surface area contributed by atoms with Gasteiger partial charge in [-0.3, -0.25) is 9.59 Å². The van der Waals surface area contributed by atoms with Gasteiger partial charge in [-0.05, 0) is 42.5 Å². The van der Waals surface area contributed by atoms with Gasteiger partial charge in [-0.25, -0.2) is 0 Å². The summed E-state index contributed by atoms with van der Waals surface area (Å²) in [6.45, 7) is 0. The molecule has 0 unspecified atom stereocenters. The highest BCUT2D eigenvalue weighted by molar-refractivity contribution is 6.42. The van der Waals surface area contributed by atoms with Gasteiger partial charge in [-0.1, -0.05) is 59.1 Å². The van der Waals surface area contributed by atoms with Gasteiger partial charge in [0.05, 0.1) is 20.7 Å². The highest BCUT2D eigenvalue weighted by Crippen LogP contribution is 2.25. The summed E-state index contributed by atoms with van der Waals surface area (Å²) >= 11 is 17.8. The SMILES string of the molecule is N#C/C(C(=O)Nc1ccc(Cl)cc1)=c1\[nH]/c(=C(\C#N)C(=O)Nc2ccc(Cl)c(Cl)c2)c2ccccc12. The average Bonchev–Trinajstić information content (AvgIpc) is 3.23. The lowest BCUT2D eigenvalue weighted by Gasteiger charge is -2.05. The molecular formula is C26H14Cl3N5O2. The number of aromatic nitrogens is 1. The lowest BCUT2D eigenvalue weighted by atomic mass is 10.1. The Hall–Kier alpha value is -4.27. The second-order valence-corrected chi connectivity index (χ2v) is 8.69. The lowest BCUT2D eigenvalue weighted by molar-refractivity contribution is -0.111. The molecule has 176 valence electrons. The molecule has 0 spiro atoms. The van der Waals surface area contributed by atoms with Crippen molar-refractivity contribution < 1.29 is 9.59 Å². The summed E-state index contributed by atoms with van der Waals surface area (Å²) in [4.78, 5) is 28.9. The first-order chi connectivity index (χ1) is 17.3. The van der Waals surface area contributed by atoms with Crippen molar-refractivity contribution in [1.29, 1.82) is 10.5 Å². The summed E-state index contributed by atoms with van der Waals surface area (Å²) in [5.74, 6) is -1.38. The Kier molecular flexibility index (Phi) is 7.28. The van der Waals surface area contributed by atoms with Gasteiger partial charge in [0, 0.05) is 27.2 Å². The van der Waals surface area contributed by atoms with E-state index >= 15 is 0 Å². The summed E-state index contributed by atoms with van der Waals surface area (Å²) in [6.07, 6.45) is 0. The first kappa shape index (κ1) is 24.8. The van der Waals surface area contributed by atoms with Crippen LogP contribution in [0.3, 0.4) is 0 Å². The maximum absolute atomic E-state index is 13.0. The van der Waals surface area contributed by atoms with E-state index in [1.165, 1.54) is 12.1 Å². The number of halogens is 3. The van der Waals surface area contributed by atoms with Crippen molar-refractivity contribution in [3.63, 3.8) is 0 Å². The number of nitrogens with one attached hydrogen (secondary N) is 3. The summed E-state index contributed by atoms with van der Waals surface area (Å²) in [5, 5.41) is 27.3. The van der Waals surface area contributed by atoms with Crippen LogP contribution < -0.4 is 21.3 Å². The number of carbonyl (C=O) groups is 2. The summed E-state index contributed by atoms with van der Waals surface area (Å²) in [6, 6.07) is 21.6. The molecule has 10 heteroatoms. The smallest absolute Gasteiger partial charge is 0.268 e. The third kappa shape index (κ3) is 5.05. The molecule has 0 aliphatic carbocycles. The van der Waals surface area contributed by atoms with E-state index in [2.05, 4.69) is 15.6 Å². The molecule has 0 aliphatic rings. The minimum Gasteiger partial charge on any atom is -0.352 e. The lowest BCUT2D eigenvalue weighted by Crippen LogP contribution is -2.25. The van der Waals surface area contributed by atoms with Gasteiger partial charge in [0.15, 0.2) is 0 Å². The molecule has 2 amide bonds. The molecule has 3 aromatic carbocycles. The molecule has 36 heavy (non-hydrogen) atoms. The van der Waals surface area contributed by atoms with Crippen molar-refractivity contribution >= 4 is 79.9 Å². The molecule has 4 aromatic rings. The fourth-order valence-electron chi connectivity index (χ4n) is 3.51. The van der Waals surface area contributed by atoms with Gasteiger partial charge in [0.2, 0.25) is 0 Å². The average molecular weight is 535 g/mol. The minimum absolute atomic E-state index is 0.160. The van der Waals surface area contributed by atoms with Crippen LogP contribution >= 0.6 is 34.8 Å².